The Morgan fingerprint density at radius 1 is 0.667 bits per heavy atom. The van der Waals surface area contributed by atoms with Crippen LogP contribution in [0.25, 0.3) is 20.2 Å². The van der Waals surface area contributed by atoms with Gasteiger partial charge in [-0.1, -0.05) is 60.7 Å². The highest BCUT2D eigenvalue weighted by molar-refractivity contribution is 7.25. The van der Waals surface area contributed by atoms with Crippen LogP contribution in [-0.4, -0.2) is 5.71 Å². The first-order valence-corrected chi connectivity index (χ1v) is 7.70. The van der Waals surface area contributed by atoms with Crippen LogP contribution in [0.1, 0.15) is 11.1 Å². The molecule has 0 aliphatic rings. The van der Waals surface area contributed by atoms with Crippen LogP contribution in [0, 0.1) is 5.41 Å². The van der Waals surface area contributed by atoms with Crippen molar-refractivity contribution in [3.63, 3.8) is 0 Å². The third-order valence-corrected chi connectivity index (χ3v) is 4.86. The van der Waals surface area contributed by atoms with Crippen LogP contribution in [0.4, 0.5) is 0 Å². The molecule has 1 heterocycles. The van der Waals surface area contributed by atoms with Crippen molar-refractivity contribution >= 4 is 37.2 Å². The molecule has 4 rings (SSSR count). The lowest BCUT2D eigenvalue weighted by molar-refractivity contribution is 1.47. The van der Waals surface area contributed by atoms with Gasteiger partial charge in [0, 0.05) is 25.7 Å². The van der Waals surface area contributed by atoms with Crippen molar-refractivity contribution in [2.24, 2.45) is 0 Å². The van der Waals surface area contributed by atoms with Gasteiger partial charge in [0.15, 0.2) is 0 Å². The van der Waals surface area contributed by atoms with Crippen LogP contribution in [-0.2, 0) is 0 Å². The van der Waals surface area contributed by atoms with Gasteiger partial charge in [0.2, 0.25) is 0 Å². The second kappa shape index (κ2) is 4.83. The molecule has 0 atom stereocenters. The summed E-state index contributed by atoms with van der Waals surface area (Å²) in [6.45, 7) is 0. The zero-order valence-electron chi connectivity index (χ0n) is 11.3. The zero-order valence-corrected chi connectivity index (χ0v) is 12.2. The molecule has 1 aromatic heterocycles. The molecule has 0 bridgehead atoms. The average molecular weight is 287 g/mol. The number of hydrogen-bond donors (Lipinski definition) is 1. The van der Waals surface area contributed by atoms with Gasteiger partial charge in [0.05, 0.1) is 5.71 Å². The third-order valence-electron chi connectivity index (χ3n) is 3.73. The summed E-state index contributed by atoms with van der Waals surface area (Å²) in [6.07, 6.45) is 0. The molecule has 0 spiro atoms. The van der Waals surface area contributed by atoms with Crippen LogP contribution in [0.15, 0.2) is 72.8 Å². The van der Waals surface area contributed by atoms with Crippen LogP contribution >= 0.6 is 11.3 Å². The highest BCUT2D eigenvalue weighted by atomic mass is 32.1. The third kappa shape index (κ3) is 2.05. The maximum absolute atomic E-state index is 8.39. The molecule has 0 saturated carbocycles. The molecule has 0 radical (unpaired) electrons. The Balaban J connectivity index is 1.88. The fourth-order valence-corrected chi connectivity index (χ4v) is 3.80. The number of nitrogens with one attached hydrogen (secondary N) is 1. The fourth-order valence-electron chi connectivity index (χ4n) is 2.65. The topological polar surface area (TPSA) is 23.9 Å². The molecule has 4 aromatic rings. The Bertz CT molecular complexity index is 951. The van der Waals surface area contributed by atoms with E-state index in [1.807, 2.05) is 30.3 Å². The van der Waals surface area contributed by atoms with Crippen molar-refractivity contribution in [3.05, 3.63) is 83.9 Å². The summed E-state index contributed by atoms with van der Waals surface area (Å²) < 4.78 is 2.55. The summed E-state index contributed by atoms with van der Waals surface area (Å²) in [5.74, 6) is 0. The van der Waals surface area contributed by atoms with Crippen LogP contribution < -0.4 is 0 Å². The molecule has 0 aliphatic heterocycles. The van der Waals surface area contributed by atoms with Gasteiger partial charge >= 0.3 is 0 Å². The molecule has 1 N–H and O–H groups in total. The predicted octanol–water partition coefficient (Wildman–Crippen LogP) is 5.47. The lowest BCUT2D eigenvalue weighted by atomic mass is 10.0. The monoisotopic (exact) mass is 287 g/mol. The van der Waals surface area contributed by atoms with E-state index in [1.54, 1.807) is 11.3 Å². The van der Waals surface area contributed by atoms with E-state index < -0.39 is 0 Å². The molecule has 3 aromatic carbocycles. The second-order valence-corrected chi connectivity index (χ2v) is 6.13. The van der Waals surface area contributed by atoms with Gasteiger partial charge < -0.3 is 0 Å². The second-order valence-electron chi connectivity index (χ2n) is 5.05. The van der Waals surface area contributed by atoms with Gasteiger partial charge in [0.1, 0.15) is 0 Å². The van der Waals surface area contributed by atoms with E-state index in [0.29, 0.717) is 5.71 Å². The van der Waals surface area contributed by atoms with Gasteiger partial charge in [-0.05, 0) is 17.7 Å². The quantitative estimate of drug-likeness (QED) is 0.473. The van der Waals surface area contributed by atoms with Crippen molar-refractivity contribution in [3.8, 4) is 0 Å². The Morgan fingerprint density at radius 2 is 1.38 bits per heavy atom. The first kappa shape index (κ1) is 12.3. The minimum Gasteiger partial charge on any atom is -0.300 e. The van der Waals surface area contributed by atoms with Crippen LogP contribution in [0.5, 0.6) is 0 Å². The lowest BCUT2D eigenvalue weighted by Crippen LogP contribution is -2.00. The number of rotatable bonds is 2. The highest BCUT2D eigenvalue weighted by Crippen LogP contribution is 2.34. The summed E-state index contributed by atoms with van der Waals surface area (Å²) in [6, 6.07) is 24.7. The summed E-state index contributed by atoms with van der Waals surface area (Å²) in [7, 11) is 0. The van der Waals surface area contributed by atoms with Crippen molar-refractivity contribution in [2.75, 3.05) is 0 Å². The number of hydrogen-bond acceptors (Lipinski definition) is 2. The van der Waals surface area contributed by atoms with Gasteiger partial charge in [-0.2, -0.15) is 0 Å². The number of fused-ring (bicyclic) bond motifs is 3. The van der Waals surface area contributed by atoms with Crippen molar-refractivity contribution in [2.45, 2.75) is 0 Å². The Kier molecular flexibility index (Phi) is 2.83. The smallest absolute Gasteiger partial charge is 0.0685 e. The standard InChI is InChI=1S/C19H13NS/c20-19(13-6-2-1-3-7-13)14-10-11-16-15-8-4-5-9-17(15)21-18(16)12-14/h1-12,20H. The van der Waals surface area contributed by atoms with Gasteiger partial charge in [0.25, 0.3) is 0 Å². The molecule has 1 nitrogen and oxygen atoms in total. The van der Waals surface area contributed by atoms with Gasteiger partial charge in [-0.25, -0.2) is 0 Å². The summed E-state index contributed by atoms with van der Waals surface area (Å²) in [4.78, 5) is 0. The van der Waals surface area contributed by atoms with E-state index in [1.165, 1.54) is 20.2 Å². The van der Waals surface area contributed by atoms with Crippen molar-refractivity contribution < 1.29 is 0 Å². The summed E-state index contributed by atoms with van der Waals surface area (Å²) in [5.41, 5.74) is 2.51. The van der Waals surface area contributed by atoms with Gasteiger partial charge in [-0.3, -0.25) is 5.41 Å². The van der Waals surface area contributed by atoms with Crippen molar-refractivity contribution in [1.82, 2.24) is 0 Å². The largest absolute Gasteiger partial charge is 0.300 e. The molecule has 21 heavy (non-hydrogen) atoms. The Hall–Kier alpha value is -2.45. The van der Waals surface area contributed by atoms with E-state index in [2.05, 4.69) is 42.5 Å². The van der Waals surface area contributed by atoms with Crippen molar-refractivity contribution in [1.29, 1.82) is 5.41 Å². The SMILES string of the molecule is N=C(c1ccccc1)c1ccc2c(c1)sc1ccccc12. The van der Waals surface area contributed by atoms with E-state index in [-0.39, 0.29) is 0 Å². The molecule has 0 saturated heterocycles. The van der Waals surface area contributed by atoms with E-state index in [9.17, 15) is 0 Å². The summed E-state index contributed by atoms with van der Waals surface area (Å²) in [5, 5.41) is 11.0. The molecule has 0 fully saturated rings. The Morgan fingerprint density at radius 3 is 2.24 bits per heavy atom. The van der Waals surface area contributed by atoms with E-state index in [0.717, 1.165) is 11.1 Å². The van der Waals surface area contributed by atoms with Crippen LogP contribution in [0.3, 0.4) is 0 Å². The molecular weight excluding hydrogens is 274 g/mol. The zero-order chi connectivity index (χ0) is 14.2. The molecule has 0 amide bonds. The maximum Gasteiger partial charge on any atom is 0.0685 e. The number of thiophene rings is 1. The number of benzene rings is 3. The van der Waals surface area contributed by atoms with Gasteiger partial charge in [-0.15, -0.1) is 11.3 Å². The molecule has 2 heteroatoms. The molecule has 0 aliphatic carbocycles. The van der Waals surface area contributed by atoms with E-state index >= 15 is 0 Å². The fraction of sp³-hybridized carbons (Fsp3) is 0. The Labute approximate surface area is 127 Å². The normalized spacial score (nSPS) is 11.0. The average Bonchev–Trinajstić information content (AvgIpc) is 2.92. The maximum atomic E-state index is 8.39. The molecular formula is C19H13NS. The highest BCUT2D eigenvalue weighted by Gasteiger charge is 2.08. The minimum atomic E-state index is 0.579. The van der Waals surface area contributed by atoms with E-state index in [4.69, 9.17) is 5.41 Å². The first-order chi connectivity index (χ1) is 10.3. The minimum absolute atomic E-state index is 0.579. The summed E-state index contributed by atoms with van der Waals surface area (Å²) >= 11 is 1.79. The first-order valence-electron chi connectivity index (χ1n) is 6.88. The molecule has 100 valence electrons. The molecule has 0 unspecified atom stereocenters. The van der Waals surface area contributed by atoms with Crippen LogP contribution in [0.2, 0.25) is 0 Å². The lowest BCUT2D eigenvalue weighted by Gasteiger charge is -2.04. The predicted molar refractivity (Wildman–Crippen MR) is 91.7 cm³/mol.